The van der Waals surface area contributed by atoms with Crippen LogP contribution in [0.25, 0.3) is 0 Å². The Morgan fingerprint density at radius 2 is 1.86 bits per heavy atom. The molecule has 2 amide bonds. The molecule has 0 aliphatic heterocycles. The number of thiophene rings is 1. The minimum Gasteiger partial charge on any atom is -0.383 e. The number of benzene rings is 1. The van der Waals surface area contributed by atoms with Crippen LogP contribution in [0.5, 0.6) is 0 Å². The van der Waals surface area contributed by atoms with Gasteiger partial charge in [0.15, 0.2) is 0 Å². The third-order valence-corrected chi connectivity index (χ3v) is 6.91. The smallest absolute Gasteiger partial charge is 0.242 e. The highest BCUT2D eigenvalue weighted by Crippen LogP contribution is 2.19. The summed E-state index contributed by atoms with van der Waals surface area (Å²) >= 11 is 7.92. The number of amides is 2. The molecule has 0 unspecified atom stereocenters. The molecular formula is C27H34ClN3O3S. The fourth-order valence-corrected chi connectivity index (χ4v) is 4.77. The number of aromatic nitrogens is 1. The molecule has 8 heteroatoms. The van der Waals surface area contributed by atoms with Gasteiger partial charge >= 0.3 is 0 Å². The first kappa shape index (κ1) is 27.0. The Balaban J connectivity index is 1.73. The average Bonchev–Trinajstić information content (AvgIpc) is 3.49. The third kappa shape index (κ3) is 8.23. The lowest BCUT2D eigenvalue weighted by atomic mass is 10.2. The summed E-state index contributed by atoms with van der Waals surface area (Å²) in [7, 11) is 1.60. The van der Waals surface area contributed by atoms with Crippen LogP contribution in [0.1, 0.15) is 30.0 Å². The van der Waals surface area contributed by atoms with Crippen molar-refractivity contribution in [1.29, 1.82) is 0 Å². The van der Waals surface area contributed by atoms with E-state index >= 15 is 0 Å². The lowest BCUT2D eigenvalue weighted by molar-refractivity contribution is -0.141. The van der Waals surface area contributed by atoms with Crippen LogP contribution in [0.3, 0.4) is 0 Å². The van der Waals surface area contributed by atoms with Gasteiger partial charge in [-0.1, -0.05) is 49.7 Å². The Labute approximate surface area is 217 Å². The molecule has 0 N–H and O–H groups in total. The van der Waals surface area contributed by atoms with Crippen LogP contribution < -0.4 is 0 Å². The third-order valence-electron chi connectivity index (χ3n) is 5.66. The zero-order valence-electron chi connectivity index (χ0n) is 20.7. The summed E-state index contributed by atoms with van der Waals surface area (Å²) in [5.74, 6) is 0.157. The van der Waals surface area contributed by atoms with Crippen molar-refractivity contribution in [3.63, 3.8) is 0 Å². The maximum Gasteiger partial charge on any atom is 0.242 e. The lowest BCUT2D eigenvalue weighted by Gasteiger charge is -2.29. The van der Waals surface area contributed by atoms with Crippen LogP contribution in [-0.4, -0.2) is 59.5 Å². The van der Waals surface area contributed by atoms with Crippen LogP contribution in [-0.2, 0) is 33.8 Å². The summed E-state index contributed by atoms with van der Waals surface area (Å²) in [4.78, 5) is 30.9. The Bertz CT molecular complexity index is 1080. The molecule has 2 aromatic heterocycles. The largest absolute Gasteiger partial charge is 0.383 e. The molecule has 3 rings (SSSR count). The predicted octanol–water partition coefficient (Wildman–Crippen LogP) is 4.95. The topological polar surface area (TPSA) is 54.8 Å². The molecule has 2 heterocycles. The summed E-state index contributed by atoms with van der Waals surface area (Å²) in [5, 5.41) is 2.68. The van der Waals surface area contributed by atoms with Crippen LogP contribution in [0.2, 0.25) is 5.02 Å². The molecule has 0 saturated heterocycles. The first-order chi connectivity index (χ1) is 16.9. The summed E-state index contributed by atoms with van der Waals surface area (Å²) < 4.78 is 7.32. The van der Waals surface area contributed by atoms with Gasteiger partial charge in [0, 0.05) is 48.5 Å². The number of carbonyl (C=O) groups excluding carboxylic acids is 2. The van der Waals surface area contributed by atoms with Crippen molar-refractivity contribution in [3.05, 3.63) is 81.3 Å². The molecule has 0 fully saturated rings. The standard InChI is InChI=1S/C27H34ClN3O3S/c1-21(2)17-31(19-23-9-6-12-29(23)18-22-8-4-5-11-25(22)28)27(33)20-30(13-14-34-3)26(32)16-24-10-7-15-35-24/h4-12,15,21H,13-14,16-20H2,1-3H3. The Morgan fingerprint density at radius 1 is 1.06 bits per heavy atom. The van der Waals surface area contributed by atoms with Crippen molar-refractivity contribution in [2.45, 2.75) is 33.4 Å². The second-order valence-corrected chi connectivity index (χ2v) is 10.4. The fraction of sp³-hybridized carbons (Fsp3) is 0.407. The molecule has 1 aromatic carbocycles. The molecule has 0 aliphatic carbocycles. The SMILES string of the molecule is COCCN(CC(=O)N(Cc1cccn1Cc1ccccc1Cl)CC(C)C)C(=O)Cc1cccs1. The summed E-state index contributed by atoms with van der Waals surface area (Å²) in [5.41, 5.74) is 2.05. The van der Waals surface area contributed by atoms with E-state index in [0.29, 0.717) is 45.1 Å². The molecule has 35 heavy (non-hydrogen) atoms. The van der Waals surface area contributed by atoms with E-state index in [1.165, 1.54) is 0 Å². The molecule has 0 aliphatic rings. The van der Waals surface area contributed by atoms with Gasteiger partial charge < -0.3 is 19.1 Å². The fourth-order valence-electron chi connectivity index (χ4n) is 3.88. The number of halogens is 1. The second-order valence-electron chi connectivity index (χ2n) is 8.95. The Hall–Kier alpha value is -2.61. The maximum absolute atomic E-state index is 13.5. The molecule has 0 radical (unpaired) electrons. The summed E-state index contributed by atoms with van der Waals surface area (Å²) in [6.45, 7) is 6.68. The van der Waals surface area contributed by atoms with E-state index in [1.807, 2.05) is 65.0 Å². The molecule has 0 spiro atoms. The van der Waals surface area contributed by atoms with Crippen molar-refractivity contribution < 1.29 is 14.3 Å². The number of hydrogen-bond donors (Lipinski definition) is 0. The molecule has 0 atom stereocenters. The van der Waals surface area contributed by atoms with Crippen LogP contribution in [0.4, 0.5) is 0 Å². The number of carbonyl (C=O) groups is 2. The van der Waals surface area contributed by atoms with E-state index in [4.69, 9.17) is 16.3 Å². The van der Waals surface area contributed by atoms with Gasteiger partial charge in [-0.3, -0.25) is 9.59 Å². The average molecular weight is 516 g/mol. The number of methoxy groups -OCH3 is 1. The first-order valence-corrected chi connectivity index (χ1v) is 13.1. The Morgan fingerprint density at radius 3 is 2.54 bits per heavy atom. The van der Waals surface area contributed by atoms with Crippen molar-refractivity contribution in [3.8, 4) is 0 Å². The van der Waals surface area contributed by atoms with E-state index in [9.17, 15) is 9.59 Å². The molecule has 6 nitrogen and oxygen atoms in total. The van der Waals surface area contributed by atoms with Crippen molar-refractivity contribution >= 4 is 34.8 Å². The van der Waals surface area contributed by atoms with Gasteiger partial charge in [0.2, 0.25) is 11.8 Å². The minimum absolute atomic E-state index is 0.0332. The number of hydrogen-bond acceptors (Lipinski definition) is 4. The molecule has 0 saturated carbocycles. The highest BCUT2D eigenvalue weighted by molar-refractivity contribution is 7.10. The van der Waals surface area contributed by atoms with E-state index in [2.05, 4.69) is 18.4 Å². The molecule has 0 bridgehead atoms. The van der Waals surface area contributed by atoms with Gasteiger partial charge in [-0.05, 0) is 41.1 Å². The second kappa shape index (κ2) is 13.5. The molecule has 188 valence electrons. The van der Waals surface area contributed by atoms with Gasteiger partial charge in [-0.25, -0.2) is 0 Å². The van der Waals surface area contributed by atoms with E-state index in [1.54, 1.807) is 23.3 Å². The van der Waals surface area contributed by atoms with Crippen LogP contribution >= 0.6 is 22.9 Å². The van der Waals surface area contributed by atoms with Gasteiger partial charge in [-0.15, -0.1) is 11.3 Å². The zero-order valence-corrected chi connectivity index (χ0v) is 22.2. The highest BCUT2D eigenvalue weighted by Gasteiger charge is 2.23. The van der Waals surface area contributed by atoms with Gasteiger partial charge in [-0.2, -0.15) is 0 Å². The number of nitrogens with zero attached hydrogens (tertiary/aromatic N) is 3. The minimum atomic E-state index is -0.0696. The zero-order chi connectivity index (χ0) is 25.2. The number of ether oxygens (including phenoxy) is 1. The van der Waals surface area contributed by atoms with Crippen LogP contribution in [0, 0.1) is 5.92 Å². The molecular weight excluding hydrogens is 482 g/mol. The molecule has 3 aromatic rings. The van der Waals surface area contributed by atoms with E-state index in [-0.39, 0.29) is 18.4 Å². The van der Waals surface area contributed by atoms with Crippen LogP contribution in [0.15, 0.2) is 60.1 Å². The van der Waals surface area contributed by atoms with Gasteiger partial charge in [0.05, 0.1) is 26.1 Å². The van der Waals surface area contributed by atoms with Crippen molar-refractivity contribution in [2.24, 2.45) is 5.92 Å². The summed E-state index contributed by atoms with van der Waals surface area (Å²) in [6.07, 6.45) is 2.30. The normalized spacial score (nSPS) is 11.1. The predicted molar refractivity (Wildman–Crippen MR) is 142 cm³/mol. The van der Waals surface area contributed by atoms with E-state index in [0.717, 1.165) is 21.2 Å². The summed E-state index contributed by atoms with van der Waals surface area (Å²) in [6, 6.07) is 15.7. The Kier molecular flexibility index (Phi) is 10.4. The van der Waals surface area contributed by atoms with Crippen molar-refractivity contribution in [1.82, 2.24) is 14.4 Å². The lowest BCUT2D eigenvalue weighted by Crippen LogP contribution is -2.45. The van der Waals surface area contributed by atoms with Gasteiger partial charge in [0.25, 0.3) is 0 Å². The quantitative estimate of drug-likeness (QED) is 0.323. The first-order valence-electron chi connectivity index (χ1n) is 11.8. The maximum atomic E-state index is 13.5. The van der Waals surface area contributed by atoms with Crippen molar-refractivity contribution in [2.75, 3.05) is 33.4 Å². The van der Waals surface area contributed by atoms with E-state index < -0.39 is 0 Å². The highest BCUT2D eigenvalue weighted by atomic mass is 35.5. The monoisotopic (exact) mass is 515 g/mol. The number of rotatable bonds is 13. The van der Waals surface area contributed by atoms with Gasteiger partial charge in [0.1, 0.15) is 0 Å².